The van der Waals surface area contributed by atoms with Crippen molar-refractivity contribution < 1.29 is 28.2 Å². The molecule has 0 radical (unpaired) electrons. The third-order valence-electron chi connectivity index (χ3n) is 3.46. The molecular weight excluding hydrogens is 393 g/mol. The van der Waals surface area contributed by atoms with Crippen molar-refractivity contribution in [3.63, 3.8) is 0 Å². The Labute approximate surface area is 167 Å². The molecule has 0 fully saturated rings. The molecule has 9 heteroatoms. The summed E-state index contributed by atoms with van der Waals surface area (Å²) < 4.78 is 23.3. The Kier molecular flexibility index (Phi) is 9.95. The number of ether oxygens (including phenoxy) is 2. The van der Waals surface area contributed by atoms with E-state index in [2.05, 4.69) is 0 Å². The van der Waals surface area contributed by atoms with E-state index in [-0.39, 0.29) is 33.9 Å². The maximum absolute atomic E-state index is 13.1. The molecule has 1 aromatic carbocycles. The van der Waals surface area contributed by atoms with Gasteiger partial charge in [-0.05, 0) is 56.8 Å². The largest absolute Gasteiger partial charge is 0.479 e. The van der Waals surface area contributed by atoms with Crippen molar-refractivity contribution in [1.29, 1.82) is 0 Å². The average Bonchev–Trinajstić information content (AvgIpc) is 2.63. The van der Waals surface area contributed by atoms with Crippen LogP contribution in [0.2, 0.25) is 0 Å². The first-order chi connectivity index (χ1) is 12.8. The summed E-state index contributed by atoms with van der Waals surface area (Å²) >= 11 is 6.30. The molecule has 0 aliphatic carbocycles. The van der Waals surface area contributed by atoms with Gasteiger partial charge in [-0.2, -0.15) is 0 Å². The van der Waals surface area contributed by atoms with E-state index < -0.39 is 17.8 Å². The molecule has 0 heterocycles. The van der Waals surface area contributed by atoms with Crippen LogP contribution in [0.15, 0.2) is 24.3 Å². The van der Waals surface area contributed by atoms with Crippen molar-refractivity contribution in [1.82, 2.24) is 4.90 Å². The highest BCUT2D eigenvalue weighted by molar-refractivity contribution is 8.23. The van der Waals surface area contributed by atoms with Crippen molar-refractivity contribution in [2.75, 3.05) is 20.3 Å². The Morgan fingerprint density at radius 1 is 1.26 bits per heavy atom. The van der Waals surface area contributed by atoms with E-state index in [0.717, 1.165) is 24.1 Å². The Hall–Kier alpha value is -2.00. The number of carbonyl (C=O) groups excluding carboxylic acids is 3. The van der Waals surface area contributed by atoms with E-state index in [1.54, 1.807) is 6.92 Å². The molecular formula is C18H22FNO5S2. The van der Waals surface area contributed by atoms with Crippen LogP contribution in [-0.2, 0) is 14.3 Å². The first-order valence-corrected chi connectivity index (χ1v) is 9.55. The van der Waals surface area contributed by atoms with Crippen LogP contribution in [0.4, 0.5) is 9.18 Å². The molecule has 0 saturated carbocycles. The highest BCUT2D eigenvalue weighted by Gasteiger charge is 2.28. The minimum absolute atomic E-state index is 0.0163. The summed E-state index contributed by atoms with van der Waals surface area (Å²) in [6.45, 7) is 3.61. The first-order valence-electron chi connectivity index (χ1n) is 8.26. The number of ketones is 1. The summed E-state index contributed by atoms with van der Waals surface area (Å²) in [4.78, 5) is 37.1. The van der Waals surface area contributed by atoms with Gasteiger partial charge in [0.25, 0.3) is 5.91 Å². The summed E-state index contributed by atoms with van der Waals surface area (Å²) in [7, 11) is 1.16. The van der Waals surface area contributed by atoms with Gasteiger partial charge in [-0.1, -0.05) is 11.8 Å². The number of thioether (sulfide) groups is 1. The van der Waals surface area contributed by atoms with Gasteiger partial charge in [-0.3, -0.25) is 4.79 Å². The van der Waals surface area contributed by atoms with E-state index in [9.17, 15) is 18.8 Å². The standard InChI is InChI=1S/C18H22FNO5S2/c1-4-25-18(26)27-15(10-5-12(2)21)11-20(17(23)24-3)16(22)13-6-8-14(19)9-7-13/h6-9,15H,4-5,10-11H2,1-3H3. The van der Waals surface area contributed by atoms with Crippen molar-refractivity contribution in [2.45, 2.75) is 31.9 Å². The zero-order chi connectivity index (χ0) is 20.4. The summed E-state index contributed by atoms with van der Waals surface area (Å²) in [6, 6.07) is 4.84. The first kappa shape index (κ1) is 23.0. The number of methoxy groups -OCH3 is 1. The summed E-state index contributed by atoms with van der Waals surface area (Å²) in [5, 5.41) is -0.351. The Morgan fingerprint density at radius 2 is 1.89 bits per heavy atom. The molecule has 1 aromatic rings. The predicted molar refractivity (Wildman–Crippen MR) is 105 cm³/mol. The van der Waals surface area contributed by atoms with Gasteiger partial charge in [0, 0.05) is 23.8 Å². The van der Waals surface area contributed by atoms with E-state index in [1.165, 1.54) is 30.8 Å². The summed E-state index contributed by atoms with van der Waals surface area (Å²) in [6.07, 6.45) is -0.177. The van der Waals surface area contributed by atoms with Gasteiger partial charge < -0.3 is 14.3 Å². The second-order valence-corrected chi connectivity index (χ2v) is 7.46. The van der Waals surface area contributed by atoms with Gasteiger partial charge in [0.05, 0.1) is 13.7 Å². The molecule has 148 valence electrons. The number of thiocarbonyl (C=S) groups is 1. The van der Waals surface area contributed by atoms with Crippen molar-refractivity contribution in [3.8, 4) is 0 Å². The lowest BCUT2D eigenvalue weighted by Gasteiger charge is -2.25. The van der Waals surface area contributed by atoms with Gasteiger partial charge >= 0.3 is 6.09 Å². The number of nitrogens with zero attached hydrogens (tertiary/aromatic N) is 1. The van der Waals surface area contributed by atoms with E-state index in [4.69, 9.17) is 21.7 Å². The van der Waals surface area contributed by atoms with Crippen LogP contribution in [0.3, 0.4) is 0 Å². The Balaban J connectivity index is 3.01. The van der Waals surface area contributed by atoms with Crippen LogP contribution in [-0.4, -0.2) is 52.6 Å². The Bertz CT molecular complexity index is 681. The fraction of sp³-hybridized carbons (Fsp3) is 0.444. The molecule has 0 aromatic heterocycles. The van der Waals surface area contributed by atoms with Gasteiger partial charge in [0.1, 0.15) is 11.6 Å². The number of hydrogen-bond acceptors (Lipinski definition) is 7. The minimum Gasteiger partial charge on any atom is -0.479 e. The number of rotatable bonds is 8. The van der Waals surface area contributed by atoms with Crippen LogP contribution in [0.5, 0.6) is 0 Å². The van der Waals surface area contributed by atoms with Crippen LogP contribution >= 0.6 is 24.0 Å². The van der Waals surface area contributed by atoms with Crippen molar-refractivity contribution in [3.05, 3.63) is 35.6 Å². The highest BCUT2D eigenvalue weighted by Crippen LogP contribution is 2.22. The van der Waals surface area contributed by atoms with E-state index in [1.807, 2.05) is 0 Å². The maximum Gasteiger partial charge on any atom is 0.416 e. The van der Waals surface area contributed by atoms with Crippen molar-refractivity contribution in [2.24, 2.45) is 0 Å². The molecule has 1 atom stereocenters. The second kappa shape index (κ2) is 11.7. The SMILES string of the molecule is CCOC(=S)SC(CCC(C)=O)CN(C(=O)OC)C(=O)c1ccc(F)cc1. The fourth-order valence-electron chi connectivity index (χ4n) is 2.14. The average molecular weight is 416 g/mol. The zero-order valence-corrected chi connectivity index (χ0v) is 17.0. The predicted octanol–water partition coefficient (Wildman–Crippen LogP) is 3.83. The molecule has 0 aliphatic rings. The lowest BCUT2D eigenvalue weighted by Crippen LogP contribution is -2.41. The number of halogens is 1. The van der Waals surface area contributed by atoms with E-state index in [0.29, 0.717) is 13.0 Å². The smallest absolute Gasteiger partial charge is 0.416 e. The number of amides is 2. The van der Waals surface area contributed by atoms with Crippen LogP contribution < -0.4 is 0 Å². The quantitative estimate of drug-likeness (QED) is 0.598. The number of benzene rings is 1. The van der Waals surface area contributed by atoms with Crippen LogP contribution in [0.25, 0.3) is 0 Å². The van der Waals surface area contributed by atoms with Gasteiger partial charge in [0.2, 0.25) is 4.38 Å². The van der Waals surface area contributed by atoms with Gasteiger partial charge in [0.15, 0.2) is 0 Å². The lowest BCUT2D eigenvalue weighted by molar-refractivity contribution is -0.117. The number of carbonyl (C=O) groups is 3. The highest BCUT2D eigenvalue weighted by atomic mass is 32.2. The minimum atomic E-state index is -0.847. The van der Waals surface area contributed by atoms with Crippen LogP contribution in [0.1, 0.15) is 37.0 Å². The molecule has 1 rings (SSSR count). The van der Waals surface area contributed by atoms with E-state index >= 15 is 0 Å². The summed E-state index contributed by atoms with van der Waals surface area (Å²) in [5.41, 5.74) is 0.143. The normalized spacial score (nSPS) is 11.4. The lowest BCUT2D eigenvalue weighted by atomic mass is 10.1. The molecule has 1 unspecified atom stereocenters. The molecule has 27 heavy (non-hydrogen) atoms. The molecule has 2 amide bonds. The third kappa shape index (κ3) is 8.04. The topological polar surface area (TPSA) is 72.9 Å². The maximum atomic E-state index is 13.1. The van der Waals surface area contributed by atoms with Crippen molar-refractivity contribution >= 4 is 46.1 Å². The molecule has 0 saturated heterocycles. The monoisotopic (exact) mass is 415 g/mol. The number of imide groups is 1. The Morgan fingerprint density at radius 3 is 2.41 bits per heavy atom. The fourth-order valence-corrected chi connectivity index (χ4v) is 3.59. The molecule has 0 N–H and O–H groups in total. The third-order valence-corrected chi connectivity index (χ3v) is 4.90. The van der Waals surface area contributed by atoms with Crippen LogP contribution in [0, 0.1) is 5.82 Å². The molecule has 0 spiro atoms. The molecule has 0 aliphatic heterocycles. The van der Waals surface area contributed by atoms with Gasteiger partial charge in [-0.25, -0.2) is 14.1 Å². The summed E-state index contributed by atoms with van der Waals surface area (Å²) in [5.74, 6) is -1.14. The molecule has 6 nitrogen and oxygen atoms in total. The zero-order valence-electron chi connectivity index (χ0n) is 15.4. The number of hydrogen-bond donors (Lipinski definition) is 0. The number of Topliss-reactive ketones (excluding diaryl/α,β-unsaturated/α-hetero) is 1. The van der Waals surface area contributed by atoms with Gasteiger partial charge in [-0.15, -0.1) is 0 Å². The molecule has 0 bridgehead atoms. The second-order valence-electron chi connectivity index (χ2n) is 5.56.